The number of anilines is 1. The molecule has 4 aromatic rings. The molecule has 27 heavy (non-hydrogen) atoms. The summed E-state index contributed by atoms with van der Waals surface area (Å²) >= 11 is 0. The number of carbonyl (C=O) groups excluding carboxylic acids is 1. The van der Waals surface area contributed by atoms with Gasteiger partial charge in [0.15, 0.2) is 0 Å². The molecule has 0 radical (unpaired) electrons. The number of hydrogen-bond acceptors (Lipinski definition) is 3. The van der Waals surface area contributed by atoms with E-state index in [4.69, 9.17) is 0 Å². The minimum atomic E-state index is -0.0832. The average Bonchev–Trinajstić information content (AvgIpc) is 3.17. The normalized spacial score (nSPS) is 11.1. The van der Waals surface area contributed by atoms with Gasteiger partial charge in [0, 0.05) is 36.5 Å². The maximum Gasteiger partial charge on any atom is 0.230 e. The second-order valence-electron chi connectivity index (χ2n) is 6.77. The number of rotatable bonds is 4. The van der Waals surface area contributed by atoms with Gasteiger partial charge in [0.25, 0.3) is 0 Å². The Labute approximate surface area is 157 Å². The lowest BCUT2D eigenvalue weighted by molar-refractivity contribution is -0.115. The van der Waals surface area contributed by atoms with Crippen molar-refractivity contribution >= 4 is 22.8 Å². The molecular formula is C21H21N5O. The number of hydrogen-bond donors (Lipinski definition) is 2. The van der Waals surface area contributed by atoms with Crippen LogP contribution in [0.5, 0.6) is 0 Å². The highest BCUT2D eigenvalue weighted by atomic mass is 16.1. The quantitative estimate of drug-likeness (QED) is 0.582. The Balaban J connectivity index is 1.62. The van der Waals surface area contributed by atoms with Crippen LogP contribution < -0.4 is 5.32 Å². The van der Waals surface area contributed by atoms with E-state index < -0.39 is 0 Å². The highest BCUT2D eigenvalue weighted by molar-refractivity contribution is 5.95. The van der Waals surface area contributed by atoms with Gasteiger partial charge in [-0.15, -0.1) is 0 Å². The Morgan fingerprint density at radius 1 is 1.22 bits per heavy atom. The van der Waals surface area contributed by atoms with E-state index >= 15 is 0 Å². The molecule has 3 heterocycles. The molecule has 0 spiro atoms. The molecule has 0 aliphatic rings. The van der Waals surface area contributed by atoms with Crippen molar-refractivity contribution in [3.63, 3.8) is 0 Å². The van der Waals surface area contributed by atoms with Crippen molar-refractivity contribution in [1.29, 1.82) is 0 Å². The van der Waals surface area contributed by atoms with Gasteiger partial charge in [0.05, 0.1) is 12.1 Å². The van der Waals surface area contributed by atoms with E-state index in [0.29, 0.717) is 5.82 Å². The van der Waals surface area contributed by atoms with E-state index in [-0.39, 0.29) is 12.3 Å². The monoisotopic (exact) mass is 359 g/mol. The van der Waals surface area contributed by atoms with E-state index in [1.807, 2.05) is 44.6 Å². The first-order valence-corrected chi connectivity index (χ1v) is 8.84. The lowest BCUT2D eigenvalue weighted by Gasteiger charge is -2.07. The Kier molecular flexibility index (Phi) is 4.24. The van der Waals surface area contributed by atoms with Gasteiger partial charge in [-0.1, -0.05) is 24.3 Å². The molecule has 6 heteroatoms. The molecule has 0 unspecified atom stereocenters. The topological polar surface area (TPSA) is 75.6 Å². The minimum Gasteiger partial charge on any atom is -0.346 e. The van der Waals surface area contributed by atoms with E-state index in [9.17, 15) is 4.79 Å². The van der Waals surface area contributed by atoms with Crippen molar-refractivity contribution in [2.24, 2.45) is 7.05 Å². The Morgan fingerprint density at radius 3 is 2.78 bits per heavy atom. The first kappa shape index (κ1) is 17.0. The van der Waals surface area contributed by atoms with Crippen molar-refractivity contribution in [2.75, 3.05) is 5.32 Å². The minimum absolute atomic E-state index is 0.0832. The number of nitrogens with one attached hydrogen (secondary N) is 2. The fraction of sp³-hybridized carbons (Fsp3) is 0.190. The SMILES string of the molecule is Cc1cc(NC(=O)Cc2c[nH]c3ncc(-c4ccccc4C)cc23)n(C)n1. The van der Waals surface area contributed by atoms with Crippen molar-refractivity contribution in [2.45, 2.75) is 20.3 Å². The molecule has 0 aliphatic heterocycles. The van der Waals surface area contributed by atoms with Gasteiger partial charge in [-0.3, -0.25) is 9.48 Å². The molecule has 136 valence electrons. The lowest BCUT2D eigenvalue weighted by Crippen LogP contribution is -2.16. The maximum absolute atomic E-state index is 12.5. The van der Waals surface area contributed by atoms with Crippen molar-refractivity contribution < 1.29 is 4.79 Å². The van der Waals surface area contributed by atoms with E-state index in [1.54, 1.807) is 4.68 Å². The molecule has 1 aromatic carbocycles. The molecule has 4 rings (SSSR count). The molecule has 1 amide bonds. The summed E-state index contributed by atoms with van der Waals surface area (Å²) in [5.41, 5.74) is 5.96. The van der Waals surface area contributed by atoms with Crippen LogP contribution in [0, 0.1) is 13.8 Å². The van der Waals surface area contributed by atoms with Crippen molar-refractivity contribution in [3.05, 3.63) is 65.6 Å². The van der Waals surface area contributed by atoms with Gasteiger partial charge < -0.3 is 10.3 Å². The number of amides is 1. The fourth-order valence-corrected chi connectivity index (χ4v) is 3.34. The van der Waals surface area contributed by atoms with Gasteiger partial charge in [-0.25, -0.2) is 4.98 Å². The van der Waals surface area contributed by atoms with Gasteiger partial charge >= 0.3 is 0 Å². The summed E-state index contributed by atoms with van der Waals surface area (Å²) in [4.78, 5) is 20.2. The molecule has 0 atom stereocenters. The molecule has 0 saturated carbocycles. The van der Waals surface area contributed by atoms with Crippen molar-refractivity contribution in [3.8, 4) is 11.1 Å². The maximum atomic E-state index is 12.5. The Hall–Kier alpha value is -3.41. The molecule has 2 N–H and O–H groups in total. The van der Waals surface area contributed by atoms with Crippen LogP contribution in [0.3, 0.4) is 0 Å². The highest BCUT2D eigenvalue weighted by Gasteiger charge is 2.13. The van der Waals surface area contributed by atoms with E-state index in [2.05, 4.69) is 45.5 Å². The van der Waals surface area contributed by atoms with E-state index in [0.717, 1.165) is 33.4 Å². The van der Waals surface area contributed by atoms with Crippen LogP contribution in [0.15, 0.2) is 48.8 Å². The lowest BCUT2D eigenvalue weighted by atomic mass is 10.0. The third-order valence-electron chi connectivity index (χ3n) is 4.69. The number of aromatic amines is 1. The molecule has 0 fully saturated rings. The average molecular weight is 359 g/mol. The number of nitrogens with zero attached hydrogens (tertiary/aromatic N) is 3. The number of carbonyl (C=O) groups is 1. The van der Waals surface area contributed by atoms with Gasteiger partial charge in [-0.2, -0.15) is 5.10 Å². The first-order valence-electron chi connectivity index (χ1n) is 8.84. The molecule has 3 aromatic heterocycles. The van der Waals surface area contributed by atoms with E-state index in [1.165, 1.54) is 5.56 Å². The first-order chi connectivity index (χ1) is 13.0. The Bertz CT molecular complexity index is 1140. The Morgan fingerprint density at radius 2 is 2.04 bits per heavy atom. The van der Waals surface area contributed by atoms with Crippen LogP contribution >= 0.6 is 0 Å². The van der Waals surface area contributed by atoms with Crippen LogP contribution in [-0.4, -0.2) is 25.7 Å². The van der Waals surface area contributed by atoms with Crippen LogP contribution in [0.25, 0.3) is 22.2 Å². The largest absolute Gasteiger partial charge is 0.346 e. The summed E-state index contributed by atoms with van der Waals surface area (Å²) in [6.07, 6.45) is 3.99. The summed E-state index contributed by atoms with van der Waals surface area (Å²) < 4.78 is 1.67. The van der Waals surface area contributed by atoms with Gasteiger partial charge in [-0.05, 0) is 36.6 Å². The zero-order valence-corrected chi connectivity index (χ0v) is 15.6. The molecule has 0 saturated heterocycles. The second-order valence-corrected chi connectivity index (χ2v) is 6.77. The van der Waals surface area contributed by atoms with Gasteiger partial charge in [0.1, 0.15) is 11.5 Å². The van der Waals surface area contributed by atoms with Crippen LogP contribution in [0.1, 0.15) is 16.8 Å². The number of aryl methyl sites for hydroxylation is 3. The fourth-order valence-electron chi connectivity index (χ4n) is 3.34. The van der Waals surface area contributed by atoms with Crippen LogP contribution in [-0.2, 0) is 18.3 Å². The third kappa shape index (κ3) is 3.33. The standard InChI is InChI=1S/C21H21N5O/c1-13-6-4-5-7-17(13)15-9-18-16(12-23-21(18)22-11-15)10-20(27)24-19-8-14(2)25-26(19)3/h4-9,11-12H,10H2,1-3H3,(H,22,23)(H,24,27). The summed E-state index contributed by atoms with van der Waals surface area (Å²) in [5.74, 6) is 0.608. The highest BCUT2D eigenvalue weighted by Crippen LogP contribution is 2.27. The van der Waals surface area contributed by atoms with Crippen LogP contribution in [0.2, 0.25) is 0 Å². The summed E-state index contributed by atoms with van der Waals surface area (Å²) in [7, 11) is 1.81. The third-order valence-corrected chi connectivity index (χ3v) is 4.69. The van der Waals surface area contributed by atoms with Crippen LogP contribution in [0.4, 0.5) is 5.82 Å². The molecule has 0 bridgehead atoms. The smallest absolute Gasteiger partial charge is 0.230 e. The van der Waals surface area contributed by atoms with Gasteiger partial charge in [0.2, 0.25) is 5.91 Å². The predicted molar refractivity (Wildman–Crippen MR) is 107 cm³/mol. The summed E-state index contributed by atoms with van der Waals surface area (Å²) in [6.45, 7) is 3.98. The number of pyridine rings is 1. The second kappa shape index (κ2) is 6.72. The molecule has 0 aliphatic carbocycles. The van der Waals surface area contributed by atoms with Crippen molar-refractivity contribution in [1.82, 2.24) is 19.7 Å². The molecule has 6 nitrogen and oxygen atoms in total. The zero-order valence-electron chi connectivity index (χ0n) is 15.6. The number of H-pyrrole nitrogens is 1. The zero-order chi connectivity index (χ0) is 19.0. The number of aromatic nitrogens is 4. The number of fused-ring (bicyclic) bond motifs is 1. The molecular weight excluding hydrogens is 338 g/mol. The summed E-state index contributed by atoms with van der Waals surface area (Å²) in [6, 6.07) is 12.2. The summed E-state index contributed by atoms with van der Waals surface area (Å²) in [5, 5.41) is 8.13. The predicted octanol–water partition coefficient (Wildman–Crippen LogP) is 3.76. The number of benzene rings is 1.